The van der Waals surface area contributed by atoms with Gasteiger partial charge >= 0.3 is 0 Å². The Morgan fingerprint density at radius 3 is 2.76 bits per heavy atom. The maximum atomic E-state index is 11.3. The van der Waals surface area contributed by atoms with Gasteiger partial charge in [0.25, 0.3) is 0 Å². The van der Waals surface area contributed by atoms with Gasteiger partial charge in [0.2, 0.25) is 0 Å². The lowest BCUT2D eigenvalue weighted by Crippen LogP contribution is -2.26. The number of nitrogens with zero attached hydrogens (tertiary/aromatic N) is 1. The van der Waals surface area contributed by atoms with Crippen LogP contribution >= 0.6 is 0 Å². The molecule has 86 valence electrons. The number of rotatable bonds is 1. The summed E-state index contributed by atoms with van der Waals surface area (Å²) in [6.45, 7) is 0. The molecule has 1 aromatic heterocycles. The van der Waals surface area contributed by atoms with Gasteiger partial charge < -0.3 is 9.90 Å². The molecule has 1 aromatic carbocycles. The Kier molecular flexibility index (Phi) is 2.32. The summed E-state index contributed by atoms with van der Waals surface area (Å²) in [5.74, 6) is -1.08. The number of para-hydroxylation sites is 1. The van der Waals surface area contributed by atoms with Gasteiger partial charge in [-0.2, -0.15) is 0 Å². The summed E-state index contributed by atoms with van der Waals surface area (Å²) in [7, 11) is 0. The van der Waals surface area contributed by atoms with E-state index in [-0.39, 0.29) is 0 Å². The van der Waals surface area contributed by atoms with Crippen molar-refractivity contribution >= 4 is 16.9 Å². The first kappa shape index (κ1) is 10.3. The van der Waals surface area contributed by atoms with E-state index in [1.165, 1.54) is 0 Å². The van der Waals surface area contributed by atoms with Gasteiger partial charge in [0.05, 0.1) is 11.5 Å². The van der Waals surface area contributed by atoms with E-state index < -0.39 is 5.97 Å². The lowest BCUT2D eigenvalue weighted by molar-refractivity contribution is -0.254. The molecule has 0 spiro atoms. The van der Waals surface area contributed by atoms with Gasteiger partial charge in [0, 0.05) is 16.6 Å². The molecule has 0 fully saturated rings. The number of carbonyl (C=O) groups is 1. The Balaban J connectivity index is 2.40. The molecule has 0 saturated carbocycles. The molecule has 1 aliphatic rings. The first-order valence-corrected chi connectivity index (χ1v) is 5.89. The third-order valence-electron chi connectivity index (χ3n) is 3.37. The highest BCUT2D eigenvalue weighted by Crippen LogP contribution is 2.28. The van der Waals surface area contributed by atoms with Gasteiger partial charge in [0.1, 0.15) is 0 Å². The van der Waals surface area contributed by atoms with Crippen LogP contribution in [0.2, 0.25) is 0 Å². The van der Waals surface area contributed by atoms with E-state index in [1.54, 1.807) is 0 Å². The average molecular weight is 226 g/mol. The maximum Gasteiger partial charge on any atom is 0.0725 e. The zero-order chi connectivity index (χ0) is 11.8. The summed E-state index contributed by atoms with van der Waals surface area (Å²) >= 11 is 0. The smallest absolute Gasteiger partial charge is 0.0725 e. The molecule has 3 nitrogen and oxygen atoms in total. The predicted octanol–water partition coefficient (Wildman–Crippen LogP) is 1.48. The van der Waals surface area contributed by atoms with E-state index >= 15 is 0 Å². The van der Waals surface area contributed by atoms with Crippen LogP contribution < -0.4 is 5.11 Å². The van der Waals surface area contributed by atoms with Crippen molar-refractivity contribution in [1.29, 1.82) is 0 Å². The van der Waals surface area contributed by atoms with Crippen LogP contribution in [0.1, 0.15) is 34.5 Å². The van der Waals surface area contributed by atoms with Crippen molar-refractivity contribution in [3.8, 4) is 0 Å². The maximum absolute atomic E-state index is 11.3. The fourth-order valence-electron chi connectivity index (χ4n) is 2.61. The van der Waals surface area contributed by atoms with Gasteiger partial charge in [-0.15, -0.1) is 0 Å². The largest absolute Gasteiger partial charge is 0.545 e. The number of hydrogen-bond donors (Lipinski definition) is 0. The van der Waals surface area contributed by atoms with Crippen molar-refractivity contribution in [2.45, 2.75) is 25.7 Å². The number of aromatic nitrogens is 1. The molecule has 1 aliphatic carbocycles. The summed E-state index contributed by atoms with van der Waals surface area (Å²) in [4.78, 5) is 15.9. The number of hydrogen-bond acceptors (Lipinski definition) is 3. The fraction of sp³-hybridized carbons (Fsp3) is 0.286. The lowest BCUT2D eigenvalue weighted by Gasteiger charge is -2.21. The summed E-state index contributed by atoms with van der Waals surface area (Å²) in [5, 5.41) is 12.0. The standard InChI is InChI=1S/C14H13NO2/c16-14(17)13-9-5-1-3-7-11(9)15-12-8-4-2-6-10(12)13/h1,3,5,7H,2,4,6,8H2,(H,16,17)/p-1. The van der Waals surface area contributed by atoms with Crippen molar-refractivity contribution < 1.29 is 9.90 Å². The molecule has 3 rings (SSSR count). The summed E-state index contributed by atoms with van der Waals surface area (Å²) < 4.78 is 0. The SMILES string of the molecule is O=C([O-])c1c2c(nc3ccccc13)CCCC2. The molecule has 0 N–H and O–H groups in total. The molecule has 0 amide bonds. The second-order valence-corrected chi connectivity index (χ2v) is 4.42. The zero-order valence-electron chi connectivity index (χ0n) is 9.40. The Labute approximate surface area is 99.1 Å². The van der Waals surface area contributed by atoms with E-state index in [4.69, 9.17) is 0 Å². The van der Waals surface area contributed by atoms with Crippen molar-refractivity contribution in [2.75, 3.05) is 0 Å². The normalized spacial score (nSPS) is 14.6. The van der Waals surface area contributed by atoms with E-state index in [9.17, 15) is 9.90 Å². The summed E-state index contributed by atoms with van der Waals surface area (Å²) in [6, 6.07) is 7.38. The Bertz CT molecular complexity index is 604. The van der Waals surface area contributed by atoms with Crippen molar-refractivity contribution in [3.05, 3.63) is 41.1 Å². The quantitative estimate of drug-likeness (QED) is 0.740. The van der Waals surface area contributed by atoms with E-state index in [2.05, 4.69) is 4.98 Å². The van der Waals surface area contributed by atoms with Crippen LogP contribution in [-0.2, 0) is 12.8 Å². The second-order valence-electron chi connectivity index (χ2n) is 4.42. The summed E-state index contributed by atoms with van der Waals surface area (Å²) in [5.41, 5.74) is 2.93. The monoisotopic (exact) mass is 226 g/mol. The van der Waals surface area contributed by atoms with E-state index in [0.717, 1.165) is 42.5 Å². The van der Waals surface area contributed by atoms with Crippen LogP contribution in [0.4, 0.5) is 0 Å². The van der Waals surface area contributed by atoms with Crippen LogP contribution in [0.3, 0.4) is 0 Å². The molecule has 2 aromatic rings. The number of pyridine rings is 1. The fourth-order valence-corrected chi connectivity index (χ4v) is 2.61. The number of aromatic carboxylic acids is 1. The lowest BCUT2D eigenvalue weighted by atomic mass is 9.90. The van der Waals surface area contributed by atoms with Gasteiger partial charge in [-0.3, -0.25) is 4.98 Å². The predicted molar refractivity (Wildman–Crippen MR) is 62.7 cm³/mol. The topological polar surface area (TPSA) is 53.0 Å². The number of aryl methyl sites for hydroxylation is 1. The van der Waals surface area contributed by atoms with Crippen LogP contribution in [-0.4, -0.2) is 11.0 Å². The molecule has 17 heavy (non-hydrogen) atoms. The number of carboxylic acid groups (broad SMARTS) is 1. The van der Waals surface area contributed by atoms with Gasteiger partial charge in [0.15, 0.2) is 0 Å². The van der Waals surface area contributed by atoms with Crippen LogP contribution in [0, 0.1) is 0 Å². The van der Waals surface area contributed by atoms with E-state index in [0.29, 0.717) is 10.9 Å². The van der Waals surface area contributed by atoms with Crippen LogP contribution in [0.15, 0.2) is 24.3 Å². The molecule has 1 heterocycles. The molecular formula is C14H12NO2-. The molecule has 0 atom stereocenters. The zero-order valence-corrected chi connectivity index (χ0v) is 9.40. The van der Waals surface area contributed by atoms with Gasteiger partial charge in [-0.25, -0.2) is 0 Å². The number of carboxylic acids is 1. The molecular weight excluding hydrogens is 214 g/mol. The van der Waals surface area contributed by atoms with Crippen molar-refractivity contribution in [2.24, 2.45) is 0 Å². The Morgan fingerprint density at radius 1 is 1.18 bits per heavy atom. The minimum absolute atomic E-state index is 0.352. The van der Waals surface area contributed by atoms with Gasteiger partial charge in [-0.1, -0.05) is 18.2 Å². The number of benzene rings is 1. The summed E-state index contributed by atoms with van der Waals surface area (Å²) in [6.07, 6.45) is 3.80. The highest BCUT2D eigenvalue weighted by atomic mass is 16.4. The molecule has 0 unspecified atom stereocenters. The second kappa shape index (κ2) is 3.84. The molecule has 3 heteroatoms. The average Bonchev–Trinajstić information content (AvgIpc) is 2.35. The molecule has 0 aliphatic heterocycles. The highest BCUT2D eigenvalue weighted by molar-refractivity contribution is 6.03. The third kappa shape index (κ3) is 1.58. The van der Waals surface area contributed by atoms with Crippen molar-refractivity contribution in [1.82, 2.24) is 4.98 Å². The molecule has 0 radical (unpaired) electrons. The Hall–Kier alpha value is -1.90. The first-order chi connectivity index (χ1) is 8.27. The number of fused-ring (bicyclic) bond motifs is 2. The van der Waals surface area contributed by atoms with Crippen LogP contribution in [0.25, 0.3) is 10.9 Å². The van der Waals surface area contributed by atoms with E-state index in [1.807, 2.05) is 24.3 Å². The minimum atomic E-state index is -1.08. The molecule has 0 bridgehead atoms. The first-order valence-electron chi connectivity index (χ1n) is 5.89. The van der Waals surface area contributed by atoms with Gasteiger partial charge in [-0.05, 0) is 37.3 Å². The Morgan fingerprint density at radius 2 is 1.94 bits per heavy atom. The van der Waals surface area contributed by atoms with Crippen molar-refractivity contribution in [3.63, 3.8) is 0 Å². The number of carbonyl (C=O) groups excluding carboxylic acids is 1. The highest BCUT2D eigenvalue weighted by Gasteiger charge is 2.18. The third-order valence-corrected chi connectivity index (χ3v) is 3.37. The van der Waals surface area contributed by atoms with Crippen LogP contribution in [0.5, 0.6) is 0 Å². The molecule has 0 saturated heterocycles. The minimum Gasteiger partial charge on any atom is -0.545 e.